The predicted molar refractivity (Wildman–Crippen MR) is 119 cm³/mol. The molecule has 7 heteroatoms. The maximum atomic E-state index is 12.8. The van der Waals surface area contributed by atoms with Crippen molar-refractivity contribution in [3.05, 3.63) is 71.6 Å². The maximum absolute atomic E-state index is 12.8. The van der Waals surface area contributed by atoms with E-state index in [-0.39, 0.29) is 18.4 Å². The highest BCUT2D eigenvalue weighted by Gasteiger charge is 2.23. The second-order valence-corrected chi connectivity index (χ2v) is 8.14. The molecule has 0 fully saturated rings. The fraction of sp³-hybridized carbons (Fsp3) is 0.261. The Morgan fingerprint density at radius 2 is 1.70 bits per heavy atom. The quantitative estimate of drug-likeness (QED) is 0.529. The van der Waals surface area contributed by atoms with Crippen LogP contribution in [0.5, 0.6) is 0 Å². The van der Waals surface area contributed by atoms with Gasteiger partial charge in [0.2, 0.25) is 5.91 Å². The maximum Gasteiger partial charge on any atom is 0.408 e. The molecule has 0 saturated heterocycles. The monoisotopic (exact) mass is 423 g/mol. The molecule has 2 amide bonds. The Morgan fingerprint density at radius 3 is 2.37 bits per heavy atom. The Morgan fingerprint density at radius 1 is 1.03 bits per heavy atom. The van der Waals surface area contributed by atoms with Crippen LogP contribution >= 0.6 is 11.3 Å². The number of nitrogens with zero attached hydrogens (tertiary/aromatic N) is 1. The Kier molecular flexibility index (Phi) is 7.57. The molecule has 0 spiro atoms. The zero-order valence-corrected chi connectivity index (χ0v) is 17.8. The molecule has 30 heavy (non-hydrogen) atoms. The van der Waals surface area contributed by atoms with E-state index in [4.69, 9.17) is 4.74 Å². The zero-order valence-electron chi connectivity index (χ0n) is 17.0. The SMILES string of the molecule is CC(C)C[C@@H](NC(=O)OCc1ccccc1)C(=O)Nc1nc(-c2ccccc2)cs1. The van der Waals surface area contributed by atoms with Crippen molar-refractivity contribution in [2.45, 2.75) is 32.9 Å². The minimum Gasteiger partial charge on any atom is -0.445 e. The van der Waals surface area contributed by atoms with E-state index in [9.17, 15) is 9.59 Å². The van der Waals surface area contributed by atoms with E-state index in [1.54, 1.807) is 0 Å². The summed E-state index contributed by atoms with van der Waals surface area (Å²) >= 11 is 1.35. The number of rotatable bonds is 8. The highest BCUT2D eigenvalue weighted by molar-refractivity contribution is 7.14. The molecule has 0 bridgehead atoms. The van der Waals surface area contributed by atoms with E-state index in [1.807, 2.05) is 79.9 Å². The Balaban J connectivity index is 1.59. The molecule has 0 aliphatic heterocycles. The van der Waals surface area contributed by atoms with Crippen molar-refractivity contribution in [2.75, 3.05) is 5.32 Å². The standard InChI is InChI=1S/C23H25N3O3S/c1-16(2)13-19(25-23(28)29-14-17-9-5-3-6-10-17)21(27)26-22-24-20(15-30-22)18-11-7-4-8-12-18/h3-12,15-16,19H,13-14H2,1-2H3,(H,25,28)(H,24,26,27)/t19-/m1/s1. The Hall–Kier alpha value is -3.19. The van der Waals surface area contributed by atoms with Gasteiger partial charge in [0.25, 0.3) is 0 Å². The number of carbonyl (C=O) groups is 2. The molecule has 0 aliphatic carbocycles. The molecule has 156 valence electrons. The smallest absolute Gasteiger partial charge is 0.408 e. The molecule has 2 N–H and O–H groups in total. The summed E-state index contributed by atoms with van der Waals surface area (Å²) in [6.45, 7) is 4.14. The second kappa shape index (κ2) is 10.5. The van der Waals surface area contributed by atoms with E-state index in [2.05, 4.69) is 15.6 Å². The largest absolute Gasteiger partial charge is 0.445 e. The van der Waals surface area contributed by atoms with Gasteiger partial charge >= 0.3 is 6.09 Å². The van der Waals surface area contributed by atoms with Crippen molar-refractivity contribution in [1.82, 2.24) is 10.3 Å². The molecule has 2 aromatic carbocycles. The van der Waals surface area contributed by atoms with Crippen molar-refractivity contribution in [3.63, 3.8) is 0 Å². The number of anilines is 1. The molecule has 6 nitrogen and oxygen atoms in total. The number of benzene rings is 2. The summed E-state index contributed by atoms with van der Waals surface area (Å²) < 4.78 is 5.26. The van der Waals surface area contributed by atoms with Gasteiger partial charge in [0.05, 0.1) is 5.69 Å². The summed E-state index contributed by atoms with van der Waals surface area (Å²) in [5.74, 6) is -0.0966. The molecule has 3 aromatic rings. The number of hydrogen-bond acceptors (Lipinski definition) is 5. The van der Waals surface area contributed by atoms with E-state index in [1.165, 1.54) is 11.3 Å². The Bertz CT molecular complexity index is 958. The van der Waals surface area contributed by atoms with Gasteiger partial charge in [0, 0.05) is 10.9 Å². The summed E-state index contributed by atoms with van der Waals surface area (Å²) in [5, 5.41) is 7.88. The summed E-state index contributed by atoms with van der Waals surface area (Å²) in [4.78, 5) is 29.5. The average molecular weight is 424 g/mol. The number of thiazole rings is 1. The summed E-state index contributed by atoms with van der Waals surface area (Å²) in [7, 11) is 0. The number of ether oxygens (including phenoxy) is 1. The van der Waals surface area contributed by atoms with Crippen LogP contribution in [0.15, 0.2) is 66.0 Å². The van der Waals surface area contributed by atoms with E-state index in [0.717, 1.165) is 16.8 Å². The van der Waals surface area contributed by atoms with Gasteiger partial charge in [-0.25, -0.2) is 9.78 Å². The van der Waals surface area contributed by atoms with Gasteiger partial charge in [0.15, 0.2) is 5.13 Å². The molecule has 1 heterocycles. The molecular weight excluding hydrogens is 398 g/mol. The first-order valence-corrected chi connectivity index (χ1v) is 10.7. The van der Waals surface area contributed by atoms with Gasteiger partial charge in [0.1, 0.15) is 12.6 Å². The van der Waals surface area contributed by atoms with Gasteiger partial charge in [-0.3, -0.25) is 4.79 Å². The minimum atomic E-state index is -0.711. The van der Waals surface area contributed by atoms with Crippen molar-refractivity contribution < 1.29 is 14.3 Å². The number of aromatic nitrogens is 1. The Labute approximate surface area is 180 Å². The van der Waals surface area contributed by atoms with Crippen LogP contribution in [0.25, 0.3) is 11.3 Å². The topological polar surface area (TPSA) is 80.3 Å². The molecule has 0 unspecified atom stereocenters. The van der Waals surface area contributed by atoms with Crippen molar-refractivity contribution in [1.29, 1.82) is 0 Å². The number of amides is 2. The van der Waals surface area contributed by atoms with Crippen LogP contribution in [0, 0.1) is 5.92 Å². The number of nitrogens with one attached hydrogen (secondary N) is 2. The summed E-state index contributed by atoms with van der Waals surface area (Å²) in [5.41, 5.74) is 2.66. The average Bonchev–Trinajstić information content (AvgIpc) is 3.21. The van der Waals surface area contributed by atoms with Gasteiger partial charge in [-0.05, 0) is 17.9 Å². The van der Waals surface area contributed by atoms with Crippen LogP contribution in [0.4, 0.5) is 9.93 Å². The minimum absolute atomic E-state index is 0.148. The van der Waals surface area contributed by atoms with Crippen LogP contribution in [-0.2, 0) is 16.1 Å². The first-order valence-electron chi connectivity index (χ1n) is 9.80. The zero-order chi connectivity index (χ0) is 21.3. The third-order valence-electron chi connectivity index (χ3n) is 4.33. The molecule has 0 aliphatic rings. The van der Waals surface area contributed by atoms with Gasteiger partial charge in [-0.15, -0.1) is 11.3 Å². The van der Waals surface area contributed by atoms with E-state index >= 15 is 0 Å². The number of hydrogen-bond donors (Lipinski definition) is 2. The highest BCUT2D eigenvalue weighted by atomic mass is 32.1. The van der Waals surface area contributed by atoms with Crippen LogP contribution in [0.3, 0.4) is 0 Å². The lowest BCUT2D eigenvalue weighted by Gasteiger charge is -2.19. The van der Waals surface area contributed by atoms with Crippen LogP contribution < -0.4 is 10.6 Å². The van der Waals surface area contributed by atoms with Crippen molar-refractivity contribution >= 4 is 28.5 Å². The number of alkyl carbamates (subject to hydrolysis) is 1. The van der Waals surface area contributed by atoms with Crippen LogP contribution in [0.1, 0.15) is 25.8 Å². The lowest BCUT2D eigenvalue weighted by atomic mass is 10.0. The van der Waals surface area contributed by atoms with E-state index < -0.39 is 12.1 Å². The second-order valence-electron chi connectivity index (χ2n) is 7.28. The fourth-order valence-corrected chi connectivity index (χ4v) is 3.60. The molecule has 3 rings (SSSR count). The summed E-state index contributed by atoms with van der Waals surface area (Å²) in [6.07, 6.45) is -0.132. The van der Waals surface area contributed by atoms with Crippen LogP contribution in [-0.4, -0.2) is 23.0 Å². The third kappa shape index (κ3) is 6.42. The molecule has 1 atom stereocenters. The van der Waals surface area contributed by atoms with Gasteiger partial charge < -0.3 is 15.4 Å². The lowest BCUT2D eigenvalue weighted by molar-refractivity contribution is -0.118. The normalized spacial score (nSPS) is 11.7. The molecular formula is C23H25N3O3S. The van der Waals surface area contributed by atoms with Crippen molar-refractivity contribution in [2.24, 2.45) is 5.92 Å². The third-order valence-corrected chi connectivity index (χ3v) is 5.09. The number of carbonyl (C=O) groups excluding carboxylic acids is 2. The summed E-state index contributed by atoms with van der Waals surface area (Å²) in [6, 6.07) is 18.4. The van der Waals surface area contributed by atoms with E-state index in [0.29, 0.717) is 11.6 Å². The lowest BCUT2D eigenvalue weighted by Crippen LogP contribution is -2.44. The molecule has 0 radical (unpaired) electrons. The first-order chi connectivity index (χ1) is 14.5. The fourth-order valence-electron chi connectivity index (χ4n) is 2.88. The van der Waals surface area contributed by atoms with Gasteiger partial charge in [-0.2, -0.15) is 0 Å². The first kappa shape index (κ1) is 21.5. The van der Waals surface area contributed by atoms with Gasteiger partial charge in [-0.1, -0.05) is 74.5 Å². The predicted octanol–water partition coefficient (Wildman–Crippen LogP) is 5.09. The molecule has 1 aromatic heterocycles. The van der Waals surface area contributed by atoms with Crippen molar-refractivity contribution in [3.8, 4) is 11.3 Å². The molecule has 0 saturated carbocycles. The van der Waals surface area contributed by atoms with Crippen LogP contribution in [0.2, 0.25) is 0 Å². The highest BCUT2D eigenvalue weighted by Crippen LogP contribution is 2.24.